The van der Waals surface area contributed by atoms with E-state index in [1.165, 1.54) is 11.3 Å². The fourth-order valence-corrected chi connectivity index (χ4v) is 2.90. The molecular formula is C19H21NO3. The molecule has 1 aliphatic rings. The summed E-state index contributed by atoms with van der Waals surface area (Å²) in [6.07, 6.45) is 2.27. The first kappa shape index (κ1) is 15.4. The molecular weight excluding hydrogens is 290 g/mol. The number of fused-ring (bicyclic) bond motifs is 1. The molecule has 3 rings (SSSR count). The maximum atomic E-state index is 12.0. The molecule has 0 aliphatic carbocycles. The van der Waals surface area contributed by atoms with Crippen LogP contribution in [-0.2, 0) is 11.2 Å². The van der Waals surface area contributed by atoms with Gasteiger partial charge < -0.3 is 14.4 Å². The van der Waals surface area contributed by atoms with Crippen LogP contribution in [0.2, 0.25) is 0 Å². The molecule has 0 spiro atoms. The van der Waals surface area contributed by atoms with E-state index in [4.69, 9.17) is 9.47 Å². The number of nitrogens with zero attached hydrogens (tertiary/aromatic N) is 1. The highest BCUT2D eigenvalue weighted by atomic mass is 16.5. The van der Waals surface area contributed by atoms with Gasteiger partial charge in [-0.25, -0.2) is 4.79 Å². The lowest BCUT2D eigenvalue weighted by Gasteiger charge is -2.31. The van der Waals surface area contributed by atoms with Gasteiger partial charge in [-0.1, -0.05) is 18.2 Å². The Labute approximate surface area is 136 Å². The summed E-state index contributed by atoms with van der Waals surface area (Å²) in [4.78, 5) is 14.3. The van der Waals surface area contributed by atoms with Crippen LogP contribution in [0, 0.1) is 0 Å². The number of esters is 1. The van der Waals surface area contributed by atoms with Crippen LogP contribution in [0.25, 0.3) is 0 Å². The van der Waals surface area contributed by atoms with Gasteiger partial charge in [0.05, 0.1) is 19.2 Å². The van der Waals surface area contributed by atoms with Crippen LogP contribution in [-0.4, -0.2) is 32.8 Å². The molecule has 0 N–H and O–H groups in total. The minimum atomic E-state index is -0.294. The van der Waals surface area contributed by atoms with E-state index in [0.717, 1.165) is 31.7 Å². The summed E-state index contributed by atoms with van der Waals surface area (Å²) in [5.74, 6) is 0.435. The van der Waals surface area contributed by atoms with Crippen LogP contribution in [0.1, 0.15) is 22.3 Å². The van der Waals surface area contributed by atoms with E-state index in [0.29, 0.717) is 12.2 Å². The molecule has 0 saturated heterocycles. The van der Waals surface area contributed by atoms with Crippen molar-refractivity contribution in [2.24, 2.45) is 0 Å². The summed E-state index contributed by atoms with van der Waals surface area (Å²) < 4.78 is 10.5. The van der Waals surface area contributed by atoms with Crippen molar-refractivity contribution in [2.45, 2.75) is 12.8 Å². The van der Waals surface area contributed by atoms with Gasteiger partial charge in [0.15, 0.2) is 0 Å². The highest BCUT2D eigenvalue weighted by Gasteiger charge is 2.16. The lowest BCUT2D eigenvalue weighted by atomic mass is 10.0. The van der Waals surface area contributed by atoms with Crippen LogP contribution in [0.5, 0.6) is 5.75 Å². The minimum absolute atomic E-state index is 0.294. The average molecular weight is 311 g/mol. The number of benzene rings is 2. The van der Waals surface area contributed by atoms with E-state index >= 15 is 0 Å². The second-order valence-electron chi connectivity index (χ2n) is 5.58. The number of methoxy groups -OCH3 is 1. The number of anilines is 1. The van der Waals surface area contributed by atoms with Crippen molar-refractivity contribution in [3.8, 4) is 5.75 Å². The van der Waals surface area contributed by atoms with E-state index < -0.39 is 0 Å². The summed E-state index contributed by atoms with van der Waals surface area (Å²) in [7, 11) is 1.60. The van der Waals surface area contributed by atoms with Crippen LogP contribution in [0.15, 0.2) is 48.5 Å². The van der Waals surface area contributed by atoms with Crippen molar-refractivity contribution in [1.82, 2.24) is 0 Å². The maximum Gasteiger partial charge on any atom is 0.338 e. The molecule has 0 radical (unpaired) electrons. The molecule has 1 heterocycles. The van der Waals surface area contributed by atoms with Gasteiger partial charge in [0.1, 0.15) is 12.4 Å². The number of para-hydroxylation sites is 1. The van der Waals surface area contributed by atoms with Gasteiger partial charge in [0.2, 0.25) is 0 Å². The Morgan fingerprint density at radius 2 is 1.91 bits per heavy atom. The summed E-state index contributed by atoms with van der Waals surface area (Å²) >= 11 is 0. The predicted molar refractivity (Wildman–Crippen MR) is 90.3 cm³/mol. The van der Waals surface area contributed by atoms with Crippen molar-refractivity contribution >= 4 is 11.7 Å². The van der Waals surface area contributed by atoms with E-state index in [9.17, 15) is 4.79 Å². The molecule has 2 aromatic rings. The van der Waals surface area contributed by atoms with Crippen LogP contribution in [0.4, 0.5) is 5.69 Å². The largest absolute Gasteiger partial charge is 0.497 e. The smallest absolute Gasteiger partial charge is 0.338 e. The maximum absolute atomic E-state index is 12.0. The number of hydrogen-bond acceptors (Lipinski definition) is 4. The highest BCUT2D eigenvalue weighted by Crippen LogP contribution is 2.26. The predicted octanol–water partition coefficient (Wildman–Crippen LogP) is 3.30. The zero-order chi connectivity index (χ0) is 16.1. The van der Waals surface area contributed by atoms with E-state index in [1.807, 2.05) is 0 Å². The Balaban J connectivity index is 1.54. The number of carbonyl (C=O) groups is 1. The normalized spacial score (nSPS) is 13.3. The Kier molecular flexibility index (Phi) is 4.81. The van der Waals surface area contributed by atoms with Crippen molar-refractivity contribution in [3.05, 3.63) is 59.7 Å². The number of carbonyl (C=O) groups excluding carboxylic acids is 1. The van der Waals surface area contributed by atoms with Crippen molar-refractivity contribution < 1.29 is 14.3 Å². The monoisotopic (exact) mass is 311 g/mol. The first-order valence-corrected chi connectivity index (χ1v) is 7.92. The summed E-state index contributed by atoms with van der Waals surface area (Å²) in [5, 5.41) is 0. The van der Waals surface area contributed by atoms with Crippen molar-refractivity contribution in [1.29, 1.82) is 0 Å². The molecule has 0 unspecified atom stereocenters. The van der Waals surface area contributed by atoms with Gasteiger partial charge in [0.25, 0.3) is 0 Å². The molecule has 0 atom stereocenters. The summed E-state index contributed by atoms with van der Waals surface area (Å²) in [5.41, 5.74) is 3.18. The fraction of sp³-hybridized carbons (Fsp3) is 0.316. The van der Waals surface area contributed by atoms with Gasteiger partial charge in [-0.15, -0.1) is 0 Å². The molecule has 120 valence electrons. The number of aryl methyl sites for hydroxylation is 1. The fourth-order valence-electron chi connectivity index (χ4n) is 2.90. The third kappa shape index (κ3) is 3.65. The van der Waals surface area contributed by atoms with Crippen LogP contribution >= 0.6 is 0 Å². The molecule has 0 saturated carbocycles. The lowest BCUT2D eigenvalue weighted by molar-refractivity contribution is 0.0515. The SMILES string of the molecule is COc1ccc(C(=O)OCCN2CCCc3ccccc32)cc1. The number of ether oxygens (including phenoxy) is 2. The number of hydrogen-bond donors (Lipinski definition) is 0. The minimum Gasteiger partial charge on any atom is -0.497 e. The van der Waals surface area contributed by atoms with Gasteiger partial charge in [-0.2, -0.15) is 0 Å². The first-order valence-electron chi connectivity index (χ1n) is 7.92. The van der Waals surface area contributed by atoms with Crippen molar-refractivity contribution in [3.63, 3.8) is 0 Å². The standard InChI is InChI=1S/C19H21NO3/c1-22-17-10-8-16(9-11-17)19(21)23-14-13-20-12-4-6-15-5-2-3-7-18(15)20/h2-3,5,7-11H,4,6,12-14H2,1H3. The third-order valence-corrected chi connectivity index (χ3v) is 4.13. The molecule has 0 amide bonds. The zero-order valence-corrected chi connectivity index (χ0v) is 13.3. The highest BCUT2D eigenvalue weighted by molar-refractivity contribution is 5.89. The van der Waals surface area contributed by atoms with Crippen molar-refractivity contribution in [2.75, 3.05) is 31.7 Å². The zero-order valence-electron chi connectivity index (χ0n) is 13.3. The average Bonchev–Trinajstić information content (AvgIpc) is 2.62. The quantitative estimate of drug-likeness (QED) is 0.794. The Bertz CT molecular complexity index is 667. The van der Waals surface area contributed by atoms with E-state index in [1.54, 1.807) is 31.4 Å². The lowest BCUT2D eigenvalue weighted by Crippen LogP contribution is -2.32. The second-order valence-corrected chi connectivity index (χ2v) is 5.58. The topological polar surface area (TPSA) is 38.8 Å². The van der Waals surface area contributed by atoms with Crippen LogP contribution in [0.3, 0.4) is 0 Å². The third-order valence-electron chi connectivity index (χ3n) is 4.13. The molecule has 23 heavy (non-hydrogen) atoms. The molecule has 0 bridgehead atoms. The van der Waals surface area contributed by atoms with E-state index in [-0.39, 0.29) is 5.97 Å². The van der Waals surface area contributed by atoms with Gasteiger partial charge in [0, 0.05) is 12.2 Å². The molecule has 2 aromatic carbocycles. The molecule has 0 aromatic heterocycles. The summed E-state index contributed by atoms with van der Waals surface area (Å²) in [6.45, 7) is 2.12. The second kappa shape index (κ2) is 7.18. The van der Waals surface area contributed by atoms with Crippen LogP contribution < -0.4 is 9.64 Å². The Hall–Kier alpha value is -2.49. The summed E-state index contributed by atoms with van der Waals surface area (Å²) in [6, 6.07) is 15.4. The number of rotatable bonds is 5. The molecule has 4 nitrogen and oxygen atoms in total. The Morgan fingerprint density at radius 1 is 1.13 bits per heavy atom. The van der Waals surface area contributed by atoms with Gasteiger partial charge in [-0.05, 0) is 48.7 Å². The van der Waals surface area contributed by atoms with Gasteiger partial charge in [-0.3, -0.25) is 0 Å². The molecule has 0 fully saturated rings. The molecule has 4 heteroatoms. The van der Waals surface area contributed by atoms with Gasteiger partial charge >= 0.3 is 5.97 Å². The van der Waals surface area contributed by atoms with E-state index in [2.05, 4.69) is 29.2 Å². The Morgan fingerprint density at radius 3 is 2.70 bits per heavy atom. The first-order chi connectivity index (χ1) is 11.3. The molecule has 1 aliphatic heterocycles.